The average molecular weight is 442 g/mol. The molecule has 1 fully saturated rings. The van der Waals surface area contributed by atoms with E-state index in [1.807, 2.05) is 11.6 Å². The molecule has 9 heteroatoms. The molecule has 1 atom stereocenters. The molecule has 0 aromatic carbocycles. The lowest BCUT2D eigenvalue weighted by Gasteiger charge is -2.22. The van der Waals surface area contributed by atoms with Crippen LogP contribution in [-0.4, -0.2) is 40.3 Å². The van der Waals surface area contributed by atoms with Gasteiger partial charge in [-0.05, 0) is 37.0 Å². The standard InChI is InChI=1S/C22H27N5O3S/c1-3-19(15-9-10-24-21(11-15)31(2,29)30)26-22(28)18-12-23-14-20-17(18)13-25-27(20)16-7-5-4-6-8-16/h9-14,16,19H,3-8H2,1-2H3,(H,26,28)/t19-/m0/s1. The quantitative estimate of drug-likeness (QED) is 0.626. The number of hydrogen-bond donors (Lipinski definition) is 1. The number of pyridine rings is 2. The first kappa shape index (κ1) is 21.4. The second kappa shape index (κ2) is 8.74. The van der Waals surface area contributed by atoms with Crippen molar-refractivity contribution in [2.45, 2.75) is 62.6 Å². The highest BCUT2D eigenvalue weighted by atomic mass is 32.2. The lowest BCUT2D eigenvalue weighted by atomic mass is 9.95. The number of carbonyl (C=O) groups is 1. The zero-order valence-corrected chi connectivity index (χ0v) is 18.6. The average Bonchev–Trinajstić information content (AvgIpc) is 3.21. The van der Waals surface area contributed by atoms with E-state index in [4.69, 9.17) is 0 Å². The molecule has 0 bridgehead atoms. The molecule has 3 aromatic heterocycles. The number of amides is 1. The van der Waals surface area contributed by atoms with E-state index >= 15 is 0 Å². The zero-order chi connectivity index (χ0) is 22.0. The lowest BCUT2D eigenvalue weighted by Crippen LogP contribution is -2.28. The van der Waals surface area contributed by atoms with E-state index in [0.29, 0.717) is 23.6 Å². The van der Waals surface area contributed by atoms with Crippen LogP contribution in [0.5, 0.6) is 0 Å². The number of aromatic nitrogens is 4. The van der Waals surface area contributed by atoms with Crippen LogP contribution in [0.4, 0.5) is 0 Å². The molecule has 3 aromatic rings. The van der Waals surface area contributed by atoms with E-state index in [-0.39, 0.29) is 17.0 Å². The molecule has 164 valence electrons. The van der Waals surface area contributed by atoms with E-state index in [9.17, 15) is 13.2 Å². The van der Waals surface area contributed by atoms with Gasteiger partial charge in [0.15, 0.2) is 14.9 Å². The van der Waals surface area contributed by atoms with Gasteiger partial charge in [0.25, 0.3) is 5.91 Å². The van der Waals surface area contributed by atoms with Crippen molar-refractivity contribution < 1.29 is 13.2 Å². The summed E-state index contributed by atoms with van der Waals surface area (Å²) < 4.78 is 25.7. The third-order valence-electron chi connectivity index (χ3n) is 5.94. The fourth-order valence-corrected chi connectivity index (χ4v) is 4.86. The van der Waals surface area contributed by atoms with Crippen LogP contribution in [0.15, 0.2) is 41.9 Å². The van der Waals surface area contributed by atoms with E-state index in [2.05, 4.69) is 20.4 Å². The number of carbonyl (C=O) groups excluding carboxylic acids is 1. The molecule has 0 saturated heterocycles. The van der Waals surface area contributed by atoms with Gasteiger partial charge in [0.1, 0.15) is 0 Å². The summed E-state index contributed by atoms with van der Waals surface area (Å²) in [6.45, 7) is 1.94. The summed E-state index contributed by atoms with van der Waals surface area (Å²) in [4.78, 5) is 21.4. The number of hydrogen-bond acceptors (Lipinski definition) is 6. The topological polar surface area (TPSA) is 107 Å². The Morgan fingerprint density at radius 3 is 2.71 bits per heavy atom. The molecule has 8 nitrogen and oxygen atoms in total. The van der Waals surface area contributed by atoms with Gasteiger partial charge in [0.05, 0.1) is 35.6 Å². The predicted molar refractivity (Wildman–Crippen MR) is 117 cm³/mol. The maximum absolute atomic E-state index is 13.1. The summed E-state index contributed by atoms with van der Waals surface area (Å²) >= 11 is 0. The Morgan fingerprint density at radius 1 is 1.23 bits per heavy atom. The normalized spacial score (nSPS) is 16.3. The van der Waals surface area contributed by atoms with Crippen molar-refractivity contribution in [3.05, 3.63) is 48.0 Å². The second-order valence-electron chi connectivity index (χ2n) is 8.13. The van der Waals surface area contributed by atoms with E-state index in [1.54, 1.807) is 24.7 Å². The molecule has 0 radical (unpaired) electrons. The van der Waals surface area contributed by atoms with Gasteiger partial charge in [0.2, 0.25) is 0 Å². The van der Waals surface area contributed by atoms with E-state index in [1.165, 1.54) is 31.5 Å². The van der Waals surface area contributed by atoms with Gasteiger partial charge < -0.3 is 5.32 Å². The number of nitrogens with one attached hydrogen (secondary N) is 1. The van der Waals surface area contributed by atoms with Gasteiger partial charge in [0, 0.05) is 24.0 Å². The van der Waals surface area contributed by atoms with Crippen molar-refractivity contribution in [2.24, 2.45) is 0 Å². The summed E-state index contributed by atoms with van der Waals surface area (Å²) in [7, 11) is -3.43. The zero-order valence-electron chi connectivity index (χ0n) is 17.8. The minimum Gasteiger partial charge on any atom is -0.345 e. The summed E-state index contributed by atoms with van der Waals surface area (Å²) in [6, 6.07) is 3.24. The molecular weight excluding hydrogens is 414 g/mol. The summed E-state index contributed by atoms with van der Waals surface area (Å²) in [5.41, 5.74) is 2.04. The monoisotopic (exact) mass is 441 g/mol. The lowest BCUT2D eigenvalue weighted by molar-refractivity contribution is 0.0937. The van der Waals surface area contributed by atoms with Crippen LogP contribution in [0.2, 0.25) is 0 Å². The minimum atomic E-state index is -3.43. The van der Waals surface area contributed by atoms with Crippen molar-refractivity contribution in [1.82, 2.24) is 25.1 Å². The van der Waals surface area contributed by atoms with Gasteiger partial charge in [-0.3, -0.25) is 14.5 Å². The van der Waals surface area contributed by atoms with Crippen LogP contribution < -0.4 is 5.32 Å². The molecule has 3 heterocycles. The van der Waals surface area contributed by atoms with Gasteiger partial charge in [-0.25, -0.2) is 13.4 Å². The molecule has 0 aliphatic heterocycles. The maximum atomic E-state index is 13.1. The molecule has 0 unspecified atom stereocenters. The SMILES string of the molecule is CC[C@H](NC(=O)c1cncc2c1cnn2C1CCCCC1)c1ccnc(S(C)(=O)=O)c1. The van der Waals surface area contributed by atoms with Crippen molar-refractivity contribution in [3.63, 3.8) is 0 Å². The Balaban J connectivity index is 1.61. The van der Waals surface area contributed by atoms with Crippen molar-refractivity contribution >= 4 is 26.6 Å². The first-order valence-electron chi connectivity index (χ1n) is 10.7. The highest BCUT2D eigenvalue weighted by Gasteiger charge is 2.22. The highest BCUT2D eigenvalue weighted by Crippen LogP contribution is 2.31. The molecule has 1 saturated carbocycles. The largest absolute Gasteiger partial charge is 0.345 e. The predicted octanol–water partition coefficient (Wildman–Crippen LogP) is 3.62. The molecule has 0 spiro atoms. The molecule has 1 N–H and O–H groups in total. The number of nitrogens with zero attached hydrogens (tertiary/aromatic N) is 4. The molecule has 31 heavy (non-hydrogen) atoms. The smallest absolute Gasteiger partial charge is 0.254 e. The van der Waals surface area contributed by atoms with Crippen LogP contribution in [0.1, 0.15) is 73.5 Å². The molecular formula is C22H27N5O3S. The number of fused-ring (bicyclic) bond motifs is 1. The Labute approximate surface area is 182 Å². The van der Waals surface area contributed by atoms with Crippen molar-refractivity contribution in [3.8, 4) is 0 Å². The molecule has 1 amide bonds. The van der Waals surface area contributed by atoms with Crippen LogP contribution >= 0.6 is 0 Å². The summed E-state index contributed by atoms with van der Waals surface area (Å²) in [5.74, 6) is -0.258. The Morgan fingerprint density at radius 2 is 2.00 bits per heavy atom. The third kappa shape index (κ3) is 4.46. The maximum Gasteiger partial charge on any atom is 0.254 e. The van der Waals surface area contributed by atoms with Gasteiger partial charge in [-0.1, -0.05) is 26.2 Å². The first-order chi connectivity index (χ1) is 14.9. The minimum absolute atomic E-state index is 0.00442. The van der Waals surface area contributed by atoms with Crippen LogP contribution in [0.3, 0.4) is 0 Å². The van der Waals surface area contributed by atoms with Crippen LogP contribution in [0, 0.1) is 0 Å². The molecule has 1 aliphatic carbocycles. The summed E-state index contributed by atoms with van der Waals surface area (Å²) in [5, 5.41) is 8.37. The van der Waals surface area contributed by atoms with Gasteiger partial charge in [-0.15, -0.1) is 0 Å². The second-order valence-corrected chi connectivity index (χ2v) is 10.1. The Kier molecular flexibility index (Phi) is 6.04. The van der Waals surface area contributed by atoms with Crippen molar-refractivity contribution in [2.75, 3.05) is 6.26 Å². The fraction of sp³-hybridized carbons (Fsp3) is 0.455. The third-order valence-corrected chi connectivity index (χ3v) is 6.93. The summed E-state index contributed by atoms with van der Waals surface area (Å²) in [6.07, 6.45) is 14.1. The van der Waals surface area contributed by atoms with Crippen molar-refractivity contribution in [1.29, 1.82) is 0 Å². The fourth-order valence-electron chi connectivity index (χ4n) is 4.26. The number of rotatable bonds is 6. The van der Waals surface area contributed by atoms with E-state index < -0.39 is 9.84 Å². The molecule has 4 rings (SSSR count). The van der Waals surface area contributed by atoms with Gasteiger partial charge >= 0.3 is 0 Å². The Bertz CT molecular complexity index is 1200. The molecule has 1 aliphatic rings. The van der Waals surface area contributed by atoms with E-state index in [0.717, 1.165) is 30.0 Å². The first-order valence-corrected chi connectivity index (χ1v) is 12.6. The number of sulfone groups is 1. The van der Waals surface area contributed by atoms with Crippen LogP contribution in [0.25, 0.3) is 10.9 Å². The van der Waals surface area contributed by atoms with Crippen LogP contribution in [-0.2, 0) is 9.84 Å². The van der Waals surface area contributed by atoms with Gasteiger partial charge in [-0.2, -0.15) is 5.10 Å². The Hall–Kier alpha value is -2.81. The highest BCUT2D eigenvalue weighted by molar-refractivity contribution is 7.90.